The highest BCUT2D eigenvalue weighted by molar-refractivity contribution is 9.10. The molecule has 0 aliphatic rings. The second-order valence-corrected chi connectivity index (χ2v) is 5.51. The molecule has 18 heavy (non-hydrogen) atoms. The minimum Gasteiger partial charge on any atom is -0.327 e. The number of benzene rings is 1. The molecule has 1 heterocycles. The summed E-state index contributed by atoms with van der Waals surface area (Å²) >= 11 is 3.49. The van der Waals surface area contributed by atoms with Crippen molar-refractivity contribution in [3.05, 3.63) is 28.5 Å². The number of rotatable bonds is 5. The van der Waals surface area contributed by atoms with Gasteiger partial charge in [0.25, 0.3) is 0 Å². The van der Waals surface area contributed by atoms with E-state index in [0.29, 0.717) is 0 Å². The van der Waals surface area contributed by atoms with E-state index in [4.69, 9.17) is 10.7 Å². The largest absolute Gasteiger partial charge is 0.327 e. The Bertz CT molecular complexity index is 533. The zero-order valence-electron chi connectivity index (χ0n) is 11.0. The lowest BCUT2D eigenvalue weighted by Crippen LogP contribution is -2.16. The van der Waals surface area contributed by atoms with Crippen molar-refractivity contribution in [3.63, 3.8) is 0 Å². The van der Waals surface area contributed by atoms with E-state index in [1.807, 2.05) is 0 Å². The molecule has 1 aromatic carbocycles. The molecule has 4 heteroatoms. The van der Waals surface area contributed by atoms with E-state index in [9.17, 15) is 0 Å². The van der Waals surface area contributed by atoms with Crippen LogP contribution in [0.3, 0.4) is 0 Å². The minimum absolute atomic E-state index is 0.0380. The van der Waals surface area contributed by atoms with E-state index in [2.05, 4.69) is 52.5 Å². The van der Waals surface area contributed by atoms with Crippen molar-refractivity contribution in [2.24, 2.45) is 5.73 Å². The fraction of sp³-hybridized carbons (Fsp3) is 0.500. The Labute approximate surface area is 117 Å². The Balaban J connectivity index is 2.43. The first kappa shape index (κ1) is 13.6. The first-order chi connectivity index (χ1) is 8.67. The molecule has 0 fully saturated rings. The van der Waals surface area contributed by atoms with Crippen LogP contribution >= 0.6 is 15.9 Å². The summed E-state index contributed by atoms with van der Waals surface area (Å²) in [4.78, 5) is 4.71. The first-order valence-electron chi connectivity index (χ1n) is 6.58. The highest BCUT2D eigenvalue weighted by atomic mass is 79.9. The van der Waals surface area contributed by atoms with Crippen LogP contribution in [0.1, 0.15) is 45.0 Å². The summed E-state index contributed by atoms with van der Waals surface area (Å²) in [5.74, 6) is 1.01. The van der Waals surface area contributed by atoms with Crippen LogP contribution in [0, 0.1) is 0 Å². The molecule has 1 aromatic heterocycles. The van der Waals surface area contributed by atoms with Gasteiger partial charge in [-0.2, -0.15) is 0 Å². The smallest absolute Gasteiger partial charge is 0.126 e. The predicted molar refractivity (Wildman–Crippen MR) is 79.6 cm³/mol. The van der Waals surface area contributed by atoms with Crippen molar-refractivity contribution in [3.8, 4) is 0 Å². The summed E-state index contributed by atoms with van der Waals surface area (Å²) in [7, 11) is 0. The Morgan fingerprint density at radius 2 is 2.17 bits per heavy atom. The minimum atomic E-state index is 0.0380. The van der Waals surface area contributed by atoms with Crippen LogP contribution in [0.15, 0.2) is 22.7 Å². The molecule has 1 atom stereocenters. The van der Waals surface area contributed by atoms with Crippen molar-refractivity contribution < 1.29 is 0 Å². The molecule has 0 saturated carbocycles. The van der Waals surface area contributed by atoms with E-state index in [0.717, 1.165) is 35.2 Å². The maximum atomic E-state index is 6.26. The van der Waals surface area contributed by atoms with E-state index in [-0.39, 0.29) is 6.04 Å². The van der Waals surface area contributed by atoms with Crippen LogP contribution in [0.2, 0.25) is 0 Å². The van der Waals surface area contributed by atoms with Crippen LogP contribution < -0.4 is 5.73 Å². The van der Waals surface area contributed by atoms with Gasteiger partial charge in [-0.05, 0) is 31.5 Å². The van der Waals surface area contributed by atoms with Crippen molar-refractivity contribution in [1.82, 2.24) is 9.55 Å². The lowest BCUT2D eigenvalue weighted by atomic mass is 10.1. The van der Waals surface area contributed by atoms with Crippen LogP contribution in [0.25, 0.3) is 11.0 Å². The third-order valence-electron chi connectivity index (χ3n) is 3.26. The number of imidazole rings is 1. The Morgan fingerprint density at radius 3 is 2.83 bits per heavy atom. The number of aromatic nitrogens is 2. The summed E-state index contributed by atoms with van der Waals surface area (Å²) in [5.41, 5.74) is 8.45. The molecule has 98 valence electrons. The molecule has 0 amide bonds. The van der Waals surface area contributed by atoms with E-state index in [1.54, 1.807) is 0 Å². The summed E-state index contributed by atoms with van der Waals surface area (Å²) in [6.07, 6.45) is 3.32. The predicted octanol–water partition coefficient (Wildman–Crippen LogP) is 4.01. The van der Waals surface area contributed by atoms with Gasteiger partial charge in [-0.3, -0.25) is 0 Å². The lowest BCUT2D eigenvalue weighted by molar-refractivity contribution is 0.547. The average molecular weight is 310 g/mol. The third-order valence-corrected chi connectivity index (χ3v) is 3.75. The highest BCUT2D eigenvalue weighted by Gasteiger charge is 2.15. The van der Waals surface area contributed by atoms with E-state index < -0.39 is 0 Å². The fourth-order valence-electron chi connectivity index (χ4n) is 2.29. The maximum absolute atomic E-state index is 6.26. The van der Waals surface area contributed by atoms with Gasteiger partial charge in [0.15, 0.2) is 0 Å². The summed E-state index contributed by atoms with van der Waals surface area (Å²) in [5, 5.41) is 0. The standard InChI is InChI=1S/C14H20BrN3/c1-3-5-6-11(16)14-17-12-9-10(15)7-8-13(12)18(14)4-2/h7-9,11H,3-6,16H2,1-2H3. The number of hydrogen-bond donors (Lipinski definition) is 1. The molecule has 0 aliphatic heterocycles. The molecule has 1 unspecified atom stereocenters. The number of nitrogens with zero attached hydrogens (tertiary/aromatic N) is 2. The Kier molecular flexibility index (Phi) is 4.40. The molecule has 0 saturated heterocycles. The van der Waals surface area contributed by atoms with Crippen LogP contribution in [0.4, 0.5) is 0 Å². The Hall–Kier alpha value is -0.870. The van der Waals surface area contributed by atoms with Crippen LogP contribution in [-0.2, 0) is 6.54 Å². The number of unbranched alkanes of at least 4 members (excludes halogenated alkanes) is 1. The van der Waals surface area contributed by atoms with Gasteiger partial charge in [0.05, 0.1) is 17.1 Å². The lowest BCUT2D eigenvalue weighted by Gasteiger charge is -2.12. The van der Waals surface area contributed by atoms with E-state index in [1.165, 1.54) is 11.9 Å². The molecule has 0 bridgehead atoms. The molecular weight excluding hydrogens is 290 g/mol. The molecular formula is C14H20BrN3. The van der Waals surface area contributed by atoms with Gasteiger partial charge in [-0.1, -0.05) is 35.7 Å². The molecule has 2 rings (SSSR count). The third kappa shape index (κ3) is 2.59. The van der Waals surface area contributed by atoms with Crippen molar-refractivity contribution >= 4 is 27.0 Å². The van der Waals surface area contributed by atoms with Crippen molar-refractivity contribution in [2.45, 2.75) is 45.7 Å². The average Bonchev–Trinajstić information content (AvgIpc) is 2.73. The maximum Gasteiger partial charge on any atom is 0.126 e. The number of nitrogens with two attached hydrogens (primary N) is 1. The summed E-state index contributed by atoms with van der Waals surface area (Å²) in [6.45, 7) is 5.24. The van der Waals surface area contributed by atoms with Gasteiger partial charge in [0.1, 0.15) is 5.82 Å². The first-order valence-corrected chi connectivity index (χ1v) is 7.38. The van der Waals surface area contributed by atoms with Gasteiger partial charge >= 0.3 is 0 Å². The number of halogens is 1. The second-order valence-electron chi connectivity index (χ2n) is 4.60. The van der Waals surface area contributed by atoms with E-state index >= 15 is 0 Å². The fourth-order valence-corrected chi connectivity index (χ4v) is 2.64. The molecule has 3 nitrogen and oxygen atoms in total. The molecule has 2 aromatic rings. The quantitative estimate of drug-likeness (QED) is 0.907. The van der Waals surface area contributed by atoms with Gasteiger partial charge in [0.2, 0.25) is 0 Å². The van der Waals surface area contributed by atoms with Gasteiger partial charge in [0, 0.05) is 11.0 Å². The van der Waals surface area contributed by atoms with Crippen molar-refractivity contribution in [2.75, 3.05) is 0 Å². The monoisotopic (exact) mass is 309 g/mol. The molecule has 2 N–H and O–H groups in total. The Morgan fingerprint density at radius 1 is 1.39 bits per heavy atom. The molecule has 0 spiro atoms. The van der Waals surface area contributed by atoms with Gasteiger partial charge in [-0.25, -0.2) is 4.98 Å². The second kappa shape index (κ2) is 5.85. The highest BCUT2D eigenvalue weighted by Crippen LogP contribution is 2.25. The summed E-state index contributed by atoms with van der Waals surface area (Å²) in [6, 6.07) is 6.25. The SMILES string of the molecule is CCCCC(N)c1nc2cc(Br)ccc2n1CC. The van der Waals surface area contributed by atoms with Gasteiger partial charge < -0.3 is 10.3 Å². The molecule has 0 aliphatic carbocycles. The number of aryl methyl sites for hydroxylation is 1. The van der Waals surface area contributed by atoms with Crippen molar-refractivity contribution in [1.29, 1.82) is 0 Å². The topological polar surface area (TPSA) is 43.8 Å². The van der Waals surface area contributed by atoms with Crippen LogP contribution in [-0.4, -0.2) is 9.55 Å². The van der Waals surface area contributed by atoms with Gasteiger partial charge in [-0.15, -0.1) is 0 Å². The number of fused-ring (bicyclic) bond motifs is 1. The zero-order valence-corrected chi connectivity index (χ0v) is 12.6. The normalized spacial score (nSPS) is 13.1. The summed E-state index contributed by atoms with van der Waals surface area (Å²) < 4.78 is 3.28. The molecule has 0 radical (unpaired) electrons. The zero-order chi connectivity index (χ0) is 13.1. The number of hydrogen-bond acceptors (Lipinski definition) is 2. The van der Waals surface area contributed by atoms with Crippen LogP contribution in [0.5, 0.6) is 0 Å².